The number of methoxy groups -OCH3 is 1. The van der Waals surface area contributed by atoms with Crippen molar-refractivity contribution in [1.82, 2.24) is 0 Å². The Balaban J connectivity index is 2.24. The summed E-state index contributed by atoms with van der Waals surface area (Å²) in [7, 11) is 1.65. The maximum Gasteiger partial charge on any atom is 0.332 e. The zero-order valence-electron chi connectivity index (χ0n) is 13.1. The summed E-state index contributed by atoms with van der Waals surface area (Å²) in [6.45, 7) is 4.41. The summed E-state index contributed by atoms with van der Waals surface area (Å²) < 4.78 is 10.5. The highest BCUT2D eigenvalue weighted by Gasteiger charge is 2.49. The third-order valence-corrected chi connectivity index (χ3v) is 4.41. The van der Waals surface area contributed by atoms with Crippen molar-refractivity contribution in [1.29, 1.82) is 0 Å². The lowest BCUT2D eigenvalue weighted by molar-refractivity contribution is -0.150. The summed E-state index contributed by atoms with van der Waals surface area (Å²) >= 11 is 0. The van der Waals surface area contributed by atoms with E-state index in [0.717, 1.165) is 37.1 Å². The van der Waals surface area contributed by atoms with Crippen molar-refractivity contribution in [3.8, 4) is 5.75 Å². The molecule has 1 aliphatic carbocycles. The number of benzene rings is 1. The van der Waals surface area contributed by atoms with E-state index in [4.69, 9.17) is 9.47 Å². The van der Waals surface area contributed by atoms with Crippen LogP contribution in [-0.2, 0) is 9.53 Å². The number of esters is 1. The van der Waals surface area contributed by atoms with Crippen LogP contribution in [0, 0.1) is 5.92 Å². The average molecular weight is 291 g/mol. The molecule has 4 heteroatoms. The Kier molecular flexibility index (Phi) is 5.10. The maximum atomic E-state index is 12.6. The molecule has 1 aliphatic rings. The number of anilines is 1. The Bertz CT molecular complexity index is 471. The Morgan fingerprint density at radius 1 is 1.33 bits per heavy atom. The first kappa shape index (κ1) is 15.7. The SMILES string of the molecule is CCOC(=O)C1(Nc2ccc(OC)cc2)CCCC1CC. The van der Waals surface area contributed by atoms with Crippen LogP contribution in [-0.4, -0.2) is 25.2 Å². The molecular formula is C17H25NO3. The van der Waals surface area contributed by atoms with Crippen LogP contribution < -0.4 is 10.1 Å². The molecule has 2 atom stereocenters. The van der Waals surface area contributed by atoms with Gasteiger partial charge in [0.05, 0.1) is 13.7 Å². The van der Waals surface area contributed by atoms with E-state index >= 15 is 0 Å². The van der Waals surface area contributed by atoms with Crippen molar-refractivity contribution in [3.63, 3.8) is 0 Å². The van der Waals surface area contributed by atoms with E-state index in [1.807, 2.05) is 31.2 Å². The minimum atomic E-state index is -0.584. The Hall–Kier alpha value is -1.71. The first-order valence-corrected chi connectivity index (χ1v) is 7.75. The van der Waals surface area contributed by atoms with Gasteiger partial charge in [0.2, 0.25) is 0 Å². The van der Waals surface area contributed by atoms with Crippen molar-refractivity contribution in [2.45, 2.75) is 45.1 Å². The average Bonchev–Trinajstić information content (AvgIpc) is 2.92. The van der Waals surface area contributed by atoms with Gasteiger partial charge >= 0.3 is 5.97 Å². The molecule has 0 saturated heterocycles. The Morgan fingerprint density at radius 2 is 2.05 bits per heavy atom. The molecule has 0 amide bonds. The topological polar surface area (TPSA) is 47.6 Å². The summed E-state index contributed by atoms with van der Waals surface area (Å²) in [6, 6.07) is 7.70. The van der Waals surface area contributed by atoms with Gasteiger partial charge in [0.15, 0.2) is 0 Å². The van der Waals surface area contributed by atoms with Crippen LogP contribution in [0.5, 0.6) is 5.75 Å². The van der Waals surface area contributed by atoms with E-state index in [2.05, 4.69) is 12.2 Å². The molecule has 0 spiro atoms. The van der Waals surface area contributed by atoms with Gasteiger partial charge in [-0.2, -0.15) is 0 Å². The molecule has 4 nitrogen and oxygen atoms in total. The minimum Gasteiger partial charge on any atom is -0.497 e. The molecule has 0 radical (unpaired) electrons. The van der Waals surface area contributed by atoms with Crippen molar-refractivity contribution < 1.29 is 14.3 Å². The van der Waals surface area contributed by atoms with Crippen molar-refractivity contribution in [3.05, 3.63) is 24.3 Å². The predicted octanol–water partition coefficient (Wildman–Crippen LogP) is 3.62. The summed E-state index contributed by atoms with van der Waals surface area (Å²) in [5.74, 6) is 1.01. The third kappa shape index (κ3) is 3.14. The van der Waals surface area contributed by atoms with Crippen molar-refractivity contribution in [2.75, 3.05) is 19.0 Å². The second kappa shape index (κ2) is 6.83. The van der Waals surface area contributed by atoms with E-state index in [-0.39, 0.29) is 5.97 Å². The summed E-state index contributed by atoms with van der Waals surface area (Å²) in [5, 5.41) is 3.46. The molecule has 1 aromatic carbocycles. The number of nitrogens with one attached hydrogen (secondary N) is 1. The fourth-order valence-corrected chi connectivity index (χ4v) is 3.31. The van der Waals surface area contributed by atoms with Crippen LogP contribution in [0.1, 0.15) is 39.5 Å². The molecule has 21 heavy (non-hydrogen) atoms. The molecule has 0 aromatic heterocycles. The smallest absolute Gasteiger partial charge is 0.332 e. The first-order chi connectivity index (χ1) is 10.2. The molecule has 2 unspecified atom stereocenters. The monoisotopic (exact) mass is 291 g/mol. The first-order valence-electron chi connectivity index (χ1n) is 7.75. The lowest BCUT2D eigenvalue weighted by Gasteiger charge is -2.34. The highest BCUT2D eigenvalue weighted by Crippen LogP contribution is 2.41. The molecule has 1 fully saturated rings. The summed E-state index contributed by atoms with van der Waals surface area (Å²) in [5.41, 5.74) is 0.350. The molecule has 1 N–H and O–H groups in total. The van der Waals surface area contributed by atoms with Gasteiger partial charge in [-0.3, -0.25) is 0 Å². The summed E-state index contributed by atoms with van der Waals surface area (Å²) in [4.78, 5) is 12.6. The second-order valence-electron chi connectivity index (χ2n) is 5.54. The zero-order chi connectivity index (χ0) is 15.3. The standard InChI is InChI=1S/C17H25NO3/c1-4-13-7-6-12-17(13,16(19)21-5-2)18-14-8-10-15(20-3)11-9-14/h8-11,13,18H,4-7,12H2,1-3H3. The summed E-state index contributed by atoms with van der Waals surface area (Å²) in [6.07, 6.45) is 3.93. The molecular weight excluding hydrogens is 266 g/mol. The molecule has 0 bridgehead atoms. The number of hydrogen-bond donors (Lipinski definition) is 1. The quantitative estimate of drug-likeness (QED) is 0.813. The van der Waals surface area contributed by atoms with Crippen LogP contribution in [0.15, 0.2) is 24.3 Å². The predicted molar refractivity (Wildman–Crippen MR) is 83.6 cm³/mol. The van der Waals surface area contributed by atoms with Crippen LogP contribution in [0.25, 0.3) is 0 Å². The molecule has 0 heterocycles. The van der Waals surface area contributed by atoms with E-state index in [9.17, 15) is 4.79 Å². The number of carbonyl (C=O) groups excluding carboxylic acids is 1. The highest BCUT2D eigenvalue weighted by molar-refractivity contribution is 5.85. The lowest BCUT2D eigenvalue weighted by atomic mass is 9.84. The van der Waals surface area contributed by atoms with E-state index in [1.54, 1.807) is 7.11 Å². The third-order valence-electron chi connectivity index (χ3n) is 4.41. The maximum absolute atomic E-state index is 12.6. The molecule has 1 saturated carbocycles. The van der Waals surface area contributed by atoms with Crippen molar-refractivity contribution in [2.24, 2.45) is 5.92 Å². The van der Waals surface area contributed by atoms with Crippen LogP contribution in [0.4, 0.5) is 5.69 Å². The van der Waals surface area contributed by atoms with Gasteiger partial charge in [-0.15, -0.1) is 0 Å². The Morgan fingerprint density at radius 3 is 2.62 bits per heavy atom. The fourth-order valence-electron chi connectivity index (χ4n) is 3.31. The number of carbonyl (C=O) groups is 1. The molecule has 0 aliphatic heterocycles. The van der Waals surface area contributed by atoms with Gasteiger partial charge in [-0.05, 0) is 49.9 Å². The normalized spacial score (nSPS) is 24.6. The number of hydrogen-bond acceptors (Lipinski definition) is 4. The number of rotatable bonds is 6. The van der Waals surface area contributed by atoms with E-state index in [0.29, 0.717) is 12.5 Å². The molecule has 2 rings (SSSR count). The van der Waals surface area contributed by atoms with Crippen LogP contribution >= 0.6 is 0 Å². The van der Waals surface area contributed by atoms with Gasteiger partial charge in [0.25, 0.3) is 0 Å². The minimum absolute atomic E-state index is 0.120. The largest absolute Gasteiger partial charge is 0.497 e. The fraction of sp³-hybridized carbons (Fsp3) is 0.588. The molecule has 116 valence electrons. The van der Waals surface area contributed by atoms with Gasteiger partial charge in [-0.25, -0.2) is 4.79 Å². The highest BCUT2D eigenvalue weighted by atomic mass is 16.5. The van der Waals surface area contributed by atoms with Gasteiger partial charge in [0.1, 0.15) is 11.3 Å². The number of ether oxygens (including phenoxy) is 2. The zero-order valence-corrected chi connectivity index (χ0v) is 13.1. The lowest BCUT2D eigenvalue weighted by Crippen LogP contribution is -2.50. The van der Waals surface area contributed by atoms with Gasteiger partial charge in [0, 0.05) is 5.69 Å². The Labute approximate surface area is 126 Å². The van der Waals surface area contributed by atoms with Crippen LogP contribution in [0.3, 0.4) is 0 Å². The second-order valence-corrected chi connectivity index (χ2v) is 5.54. The van der Waals surface area contributed by atoms with Gasteiger partial charge < -0.3 is 14.8 Å². The van der Waals surface area contributed by atoms with Crippen LogP contribution in [0.2, 0.25) is 0 Å². The van der Waals surface area contributed by atoms with Gasteiger partial charge in [-0.1, -0.05) is 19.8 Å². The molecule has 1 aromatic rings. The van der Waals surface area contributed by atoms with E-state index < -0.39 is 5.54 Å². The van der Waals surface area contributed by atoms with E-state index in [1.165, 1.54) is 0 Å². The van der Waals surface area contributed by atoms with Crippen molar-refractivity contribution >= 4 is 11.7 Å².